The Morgan fingerprint density at radius 3 is 2.18 bits per heavy atom. The van der Waals surface area contributed by atoms with Gasteiger partial charge in [-0.1, -0.05) is 93.0 Å². The van der Waals surface area contributed by atoms with Crippen LogP contribution in [0.25, 0.3) is 10.8 Å². The molecule has 4 aromatic rings. The van der Waals surface area contributed by atoms with E-state index < -0.39 is 66.2 Å². The molecule has 4 atom stereocenters. The lowest BCUT2D eigenvalue weighted by atomic mass is 9.94. The number of pyridine rings is 2. The van der Waals surface area contributed by atoms with Gasteiger partial charge in [-0.2, -0.15) is 4.98 Å². The Balaban J connectivity index is 1.36. The first-order valence-corrected chi connectivity index (χ1v) is 20.8. The smallest absolute Gasteiger partial charge is 0.411 e. The predicted molar refractivity (Wildman–Crippen MR) is 212 cm³/mol. The molecule has 2 aliphatic heterocycles. The van der Waals surface area contributed by atoms with Crippen LogP contribution in [0.3, 0.4) is 0 Å². The Labute approximate surface area is 327 Å². The summed E-state index contributed by atoms with van der Waals surface area (Å²) in [6, 6.07) is 19.1. The number of aromatic nitrogens is 2. The van der Waals surface area contributed by atoms with Crippen molar-refractivity contribution in [1.29, 1.82) is 0 Å². The highest BCUT2D eigenvalue weighted by molar-refractivity contribution is 6.99. The molecule has 294 valence electrons. The molecule has 2 fully saturated rings. The number of halogens is 2. The van der Waals surface area contributed by atoms with Crippen LogP contribution in [0.2, 0.25) is 10.2 Å². The summed E-state index contributed by atoms with van der Waals surface area (Å²) in [5.74, 6) is -1.56. The zero-order valence-corrected chi connectivity index (χ0v) is 34.6. The van der Waals surface area contributed by atoms with Gasteiger partial charge in [-0.15, -0.1) is 0 Å². The van der Waals surface area contributed by atoms with E-state index in [1.54, 1.807) is 34.6 Å². The zero-order chi connectivity index (χ0) is 40.1. The van der Waals surface area contributed by atoms with Crippen molar-refractivity contribution in [3.63, 3.8) is 0 Å². The number of nitrogens with one attached hydrogen (secondary N) is 2. The summed E-state index contributed by atoms with van der Waals surface area (Å²) in [6.45, 7) is 15.3. The molecule has 2 aliphatic rings. The van der Waals surface area contributed by atoms with Crippen LogP contribution in [-0.2, 0) is 25.3 Å². The first-order chi connectivity index (χ1) is 25.9. The second kappa shape index (κ2) is 15.0. The molecule has 14 heteroatoms. The van der Waals surface area contributed by atoms with Gasteiger partial charge in [0.1, 0.15) is 17.1 Å². The van der Waals surface area contributed by atoms with Crippen LogP contribution >= 0.6 is 11.6 Å². The van der Waals surface area contributed by atoms with Crippen molar-refractivity contribution in [2.75, 3.05) is 13.7 Å². The molecule has 0 radical (unpaired) electrons. The Bertz CT molecular complexity index is 2100. The van der Waals surface area contributed by atoms with E-state index in [1.165, 1.54) is 12.0 Å². The van der Waals surface area contributed by atoms with Gasteiger partial charge in [-0.05, 0) is 68.4 Å². The van der Waals surface area contributed by atoms with E-state index in [9.17, 15) is 14.4 Å². The van der Waals surface area contributed by atoms with Crippen LogP contribution in [0.5, 0.6) is 5.88 Å². The third-order valence-electron chi connectivity index (χ3n) is 10.9. The first-order valence-electron chi connectivity index (χ1n) is 18.5. The van der Waals surface area contributed by atoms with Gasteiger partial charge in [0.15, 0.2) is 16.5 Å². The largest absolute Gasteiger partial charge is 0.472 e. The SMILES string of the molecule is COC(=O)[C@@]12CC[C@@H]([C@@H](C(C)Oc3nc(Cl)c(F)c4c(C)c(CO[Si](c5ccccc5)(c5ccccc5)C(C)(C)C)[nH]c(=O)c34)NC1)N2C(=O)OC(C)(C)C. The van der Waals surface area contributed by atoms with Crippen LogP contribution in [0, 0.1) is 12.7 Å². The molecule has 1 unspecified atom stereocenters. The summed E-state index contributed by atoms with van der Waals surface area (Å²) in [6.07, 6.45) is -0.584. The molecule has 2 aromatic heterocycles. The lowest BCUT2D eigenvalue weighted by molar-refractivity contribution is -0.156. The molecule has 0 saturated carbocycles. The topological polar surface area (TPSA) is 132 Å². The highest BCUT2D eigenvalue weighted by Gasteiger charge is 2.61. The van der Waals surface area contributed by atoms with Crippen LogP contribution < -0.4 is 26.0 Å². The van der Waals surface area contributed by atoms with E-state index in [2.05, 4.69) is 60.3 Å². The number of rotatable bonds is 9. The number of carbonyl (C=O) groups is 2. The van der Waals surface area contributed by atoms with Crippen molar-refractivity contribution < 1.29 is 32.6 Å². The number of nitrogens with zero attached hydrogens (tertiary/aromatic N) is 2. The molecular weight excluding hydrogens is 743 g/mol. The minimum atomic E-state index is -3.02. The molecule has 6 rings (SSSR count). The maximum atomic E-state index is 16.1. The van der Waals surface area contributed by atoms with Crippen LogP contribution in [0.15, 0.2) is 65.5 Å². The zero-order valence-electron chi connectivity index (χ0n) is 32.8. The van der Waals surface area contributed by atoms with Crippen LogP contribution in [0.4, 0.5) is 9.18 Å². The number of carbonyl (C=O) groups excluding carboxylic acids is 2. The van der Waals surface area contributed by atoms with Crippen LogP contribution in [-0.4, -0.2) is 78.2 Å². The maximum absolute atomic E-state index is 16.1. The first kappa shape index (κ1) is 40.4. The summed E-state index contributed by atoms with van der Waals surface area (Å²) in [4.78, 5) is 49.4. The van der Waals surface area contributed by atoms with Crippen molar-refractivity contribution in [3.05, 3.63) is 93.2 Å². The van der Waals surface area contributed by atoms with E-state index in [4.69, 9.17) is 30.2 Å². The Kier molecular flexibility index (Phi) is 11.0. The predicted octanol–water partition coefficient (Wildman–Crippen LogP) is 6.15. The fourth-order valence-corrected chi connectivity index (χ4v) is 13.1. The van der Waals surface area contributed by atoms with Gasteiger partial charge in [0.2, 0.25) is 5.88 Å². The number of benzene rings is 2. The molecule has 4 heterocycles. The normalized spacial score (nSPS) is 20.7. The summed E-state index contributed by atoms with van der Waals surface area (Å²) in [5.41, 5.74) is -1.87. The second-order valence-corrected chi connectivity index (χ2v) is 21.2. The van der Waals surface area contributed by atoms with E-state index in [0.717, 1.165) is 10.4 Å². The van der Waals surface area contributed by atoms with E-state index in [0.29, 0.717) is 24.1 Å². The number of methoxy groups -OCH3 is 1. The van der Waals surface area contributed by atoms with Gasteiger partial charge in [-0.25, -0.2) is 14.0 Å². The van der Waals surface area contributed by atoms with Crippen LogP contribution in [0.1, 0.15) is 72.6 Å². The monoisotopic (exact) mass is 792 g/mol. The standard InChI is InChI=1S/C41H50ClFN4O7Si/c1-24-28(22-52-55(40(6,7)8,26-16-12-10-13-17-26)27-18-14-11-15-19-27)45-35(48)31-30(24)32(43)34(42)46-36(31)53-25(2)33-29-20-21-41(23-44-33,37(49)51-9)47(29)38(50)54-39(3,4)5/h10-19,25,29,33,44H,20-23H2,1-9H3,(H,45,48)/t25?,29-,33+,41+/m0/s1. The number of amides is 1. The average molecular weight is 793 g/mol. The van der Waals surface area contributed by atoms with Crippen molar-refractivity contribution >= 4 is 53.1 Å². The molecule has 2 aromatic carbocycles. The maximum Gasteiger partial charge on any atom is 0.411 e. The van der Waals surface area contributed by atoms with Gasteiger partial charge in [0.25, 0.3) is 13.9 Å². The number of esters is 1. The van der Waals surface area contributed by atoms with Gasteiger partial charge < -0.3 is 28.9 Å². The molecule has 0 spiro atoms. The lowest BCUT2D eigenvalue weighted by Crippen LogP contribution is -2.71. The minimum Gasteiger partial charge on any atom is -0.472 e. The highest BCUT2D eigenvalue weighted by atomic mass is 35.5. The van der Waals surface area contributed by atoms with Gasteiger partial charge >= 0.3 is 12.1 Å². The molecule has 2 N–H and O–H groups in total. The molecule has 2 saturated heterocycles. The summed E-state index contributed by atoms with van der Waals surface area (Å²) in [5, 5.41) is 4.58. The number of hydrogen-bond acceptors (Lipinski definition) is 9. The molecule has 1 amide bonds. The number of fused-ring (bicyclic) bond motifs is 3. The summed E-state index contributed by atoms with van der Waals surface area (Å²) in [7, 11) is -1.73. The number of ether oxygens (including phenoxy) is 3. The number of aromatic amines is 1. The van der Waals surface area contributed by atoms with Gasteiger partial charge in [0, 0.05) is 17.6 Å². The number of aryl methyl sites for hydroxylation is 1. The third-order valence-corrected chi connectivity index (χ3v) is 16.1. The highest BCUT2D eigenvalue weighted by Crippen LogP contribution is 2.43. The quantitative estimate of drug-likeness (QED) is 0.116. The fourth-order valence-electron chi connectivity index (χ4n) is 8.39. The van der Waals surface area contributed by atoms with Crippen molar-refractivity contribution in [2.24, 2.45) is 0 Å². The summed E-state index contributed by atoms with van der Waals surface area (Å²) >= 11 is 6.43. The number of piperazine rings is 1. The molecule has 2 bridgehead atoms. The lowest BCUT2D eigenvalue weighted by Gasteiger charge is -2.47. The Morgan fingerprint density at radius 2 is 1.64 bits per heavy atom. The van der Waals surface area contributed by atoms with Gasteiger partial charge in [0.05, 0.1) is 25.8 Å². The summed E-state index contributed by atoms with van der Waals surface area (Å²) < 4.78 is 40.5. The van der Waals surface area contributed by atoms with E-state index >= 15 is 4.39 Å². The average Bonchev–Trinajstić information content (AvgIpc) is 3.40. The molecular formula is C41H50ClFN4O7Si. The molecule has 0 aliphatic carbocycles. The second-order valence-electron chi connectivity index (χ2n) is 16.5. The van der Waals surface area contributed by atoms with Gasteiger partial charge in [-0.3, -0.25) is 9.69 Å². The minimum absolute atomic E-state index is 0.00755. The van der Waals surface area contributed by atoms with Crippen molar-refractivity contribution in [2.45, 2.75) is 109 Å². The van der Waals surface area contributed by atoms with Crippen molar-refractivity contribution in [3.8, 4) is 5.88 Å². The molecule has 11 nitrogen and oxygen atoms in total. The fraction of sp³-hybridized carbons (Fsp3) is 0.463. The van der Waals surface area contributed by atoms with E-state index in [-0.39, 0.29) is 34.8 Å². The van der Waals surface area contributed by atoms with Crippen molar-refractivity contribution in [1.82, 2.24) is 20.2 Å². The molecule has 55 heavy (non-hydrogen) atoms. The Hall–Kier alpha value is -4.30. The van der Waals surface area contributed by atoms with E-state index in [1.807, 2.05) is 36.4 Å². The Morgan fingerprint density at radius 1 is 1.04 bits per heavy atom. The third kappa shape index (κ3) is 7.16. The number of hydrogen-bond donors (Lipinski definition) is 2. The number of H-pyrrole nitrogens is 1.